The summed E-state index contributed by atoms with van der Waals surface area (Å²) in [4.78, 5) is 0. The molecule has 0 saturated carbocycles. The molecule has 0 heterocycles. The van der Waals surface area contributed by atoms with Crippen molar-refractivity contribution < 1.29 is 20.8 Å². The summed E-state index contributed by atoms with van der Waals surface area (Å²) < 4.78 is 0. The quantitative estimate of drug-likeness (QED) is 0.381. The SMILES string of the molecule is CC(C)C1=Cc2c(cccc2-c2cc(C(C)(C)C)cc(C(C)(C)C)c2)[CH]1.[Cl][Zr][Cl]. The van der Waals surface area contributed by atoms with Crippen molar-refractivity contribution >= 4 is 23.1 Å². The van der Waals surface area contributed by atoms with Crippen LogP contribution in [0.15, 0.2) is 42.0 Å². The van der Waals surface area contributed by atoms with Crippen molar-refractivity contribution in [2.45, 2.75) is 66.2 Å². The van der Waals surface area contributed by atoms with Crippen molar-refractivity contribution in [2.75, 3.05) is 0 Å². The van der Waals surface area contributed by atoms with Crippen molar-refractivity contribution in [1.82, 2.24) is 0 Å². The van der Waals surface area contributed by atoms with Gasteiger partial charge in [0.05, 0.1) is 0 Å². The number of hydrogen-bond donors (Lipinski definition) is 0. The van der Waals surface area contributed by atoms with E-state index in [1.54, 1.807) is 0 Å². The predicted octanol–water partition coefficient (Wildman–Crippen LogP) is 8.93. The average molecular weight is 508 g/mol. The van der Waals surface area contributed by atoms with Crippen molar-refractivity contribution in [3.8, 4) is 11.1 Å². The second kappa shape index (κ2) is 9.85. The molecule has 2 aromatic rings. The average Bonchev–Trinajstić information content (AvgIpc) is 3.05. The van der Waals surface area contributed by atoms with Crippen LogP contribution in [-0.2, 0) is 31.7 Å². The molecule has 0 nitrogen and oxygen atoms in total. The van der Waals surface area contributed by atoms with Gasteiger partial charge in [-0.3, -0.25) is 0 Å². The third-order valence-electron chi connectivity index (χ3n) is 5.42. The minimum atomic E-state index is -0.826. The fourth-order valence-corrected chi connectivity index (χ4v) is 3.49. The summed E-state index contributed by atoms with van der Waals surface area (Å²) >= 11 is -0.826. The molecule has 1 aliphatic carbocycles. The van der Waals surface area contributed by atoms with Crippen LogP contribution in [0.3, 0.4) is 0 Å². The molecular weight excluding hydrogens is 474 g/mol. The summed E-state index contributed by atoms with van der Waals surface area (Å²) in [6, 6.07) is 13.9. The third kappa shape index (κ3) is 6.32. The molecular formula is C26H33Cl2Zr. The van der Waals surface area contributed by atoms with Crippen LogP contribution in [0, 0.1) is 12.3 Å². The van der Waals surface area contributed by atoms with E-state index in [4.69, 9.17) is 17.0 Å². The van der Waals surface area contributed by atoms with Crippen LogP contribution in [0.25, 0.3) is 17.2 Å². The first kappa shape index (κ1) is 24.9. The predicted molar refractivity (Wildman–Crippen MR) is 127 cm³/mol. The standard InChI is InChI=1S/C26H33.2ClH.Zr/c1-17(2)19-12-18-10-9-11-23(24(18)15-19)20-13-21(25(3,4)5)16-22(14-20)26(6,7)8;;;/h9-17H,1-8H3;2*1H;/q;;;+2/p-2. The van der Waals surface area contributed by atoms with E-state index in [1.807, 2.05) is 0 Å². The van der Waals surface area contributed by atoms with Crippen molar-refractivity contribution in [2.24, 2.45) is 5.92 Å². The molecule has 1 radical (unpaired) electrons. The van der Waals surface area contributed by atoms with E-state index in [9.17, 15) is 0 Å². The zero-order valence-electron chi connectivity index (χ0n) is 19.0. The Morgan fingerprint density at radius 3 is 1.79 bits per heavy atom. The van der Waals surface area contributed by atoms with Gasteiger partial charge in [0.1, 0.15) is 0 Å². The fraction of sp³-hybridized carbons (Fsp3) is 0.423. The number of allylic oxidation sites excluding steroid dienone is 1. The van der Waals surface area contributed by atoms with Crippen LogP contribution < -0.4 is 0 Å². The van der Waals surface area contributed by atoms with E-state index in [1.165, 1.54) is 39.0 Å². The summed E-state index contributed by atoms with van der Waals surface area (Å²) in [5, 5.41) is 0. The van der Waals surface area contributed by atoms with Gasteiger partial charge < -0.3 is 0 Å². The van der Waals surface area contributed by atoms with E-state index in [-0.39, 0.29) is 10.8 Å². The van der Waals surface area contributed by atoms with Crippen LogP contribution >= 0.6 is 17.0 Å². The Hall–Kier alpha value is -0.357. The first-order valence-electron chi connectivity index (χ1n) is 10.2. The summed E-state index contributed by atoms with van der Waals surface area (Å²) in [5.74, 6) is 0.557. The van der Waals surface area contributed by atoms with E-state index in [2.05, 4.69) is 104 Å². The van der Waals surface area contributed by atoms with Gasteiger partial charge in [0.2, 0.25) is 0 Å². The first-order valence-corrected chi connectivity index (χ1v) is 16.5. The van der Waals surface area contributed by atoms with Crippen molar-refractivity contribution in [1.29, 1.82) is 0 Å². The van der Waals surface area contributed by atoms with Crippen LogP contribution in [0.5, 0.6) is 0 Å². The maximum atomic E-state index is 4.93. The molecule has 1 aliphatic rings. The summed E-state index contributed by atoms with van der Waals surface area (Å²) in [5.41, 5.74) is 9.94. The molecule has 3 heteroatoms. The topological polar surface area (TPSA) is 0 Å². The van der Waals surface area contributed by atoms with Gasteiger partial charge in [-0.05, 0) is 50.1 Å². The monoisotopic (exact) mass is 505 g/mol. The second-order valence-electron chi connectivity index (χ2n) is 10.1. The van der Waals surface area contributed by atoms with Crippen LogP contribution in [0.2, 0.25) is 0 Å². The molecule has 29 heavy (non-hydrogen) atoms. The Bertz CT molecular complexity index is 848. The summed E-state index contributed by atoms with van der Waals surface area (Å²) in [6.07, 6.45) is 4.73. The number of benzene rings is 2. The van der Waals surface area contributed by atoms with E-state index in [0.717, 1.165) is 0 Å². The molecule has 0 N–H and O–H groups in total. The zero-order chi connectivity index (χ0) is 22.0. The number of rotatable bonds is 2. The summed E-state index contributed by atoms with van der Waals surface area (Å²) in [7, 11) is 9.87. The number of fused-ring (bicyclic) bond motifs is 1. The van der Waals surface area contributed by atoms with Gasteiger partial charge >= 0.3 is 37.9 Å². The van der Waals surface area contributed by atoms with Crippen molar-refractivity contribution in [3.05, 3.63) is 70.6 Å². The summed E-state index contributed by atoms with van der Waals surface area (Å²) in [6.45, 7) is 18.4. The molecule has 0 saturated heterocycles. The van der Waals surface area contributed by atoms with Crippen molar-refractivity contribution in [3.63, 3.8) is 0 Å². The Morgan fingerprint density at radius 1 is 0.828 bits per heavy atom. The molecule has 0 fully saturated rings. The Kier molecular flexibility index (Phi) is 8.46. The molecule has 2 aromatic carbocycles. The van der Waals surface area contributed by atoms with Crippen LogP contribution in [0.4, 0.5) is 0 Å². The van der Waals surface area contributed by atoms with Crippen LogP contribution in [0.1, 0.15) is 77.6 Å². The van der Waals surface area contributed by atoms with Crippen LogP contribution in [-0.4, -0.2) is 0 Å². The molecule has 155 valence electrons. The first-order chi connectivity index (χ1) is 13.4. The fourth-order valence-electron chi connectivity index (χ4n) is 3.49. The second-order valence-corrected chi connectivity index (χ2v) is 13.9. The van der Waals surface area contributed by atoms with Gasteiger partial charge in [-0.25, -0.2) is 0 Å². The molecule has 0 atom stereocenters. The molecule has 0 aliphatic heterocycles. The van der Waals surface area contributed by atoms with Gasteiger partial charge in [-0.2, -0.15) is 0 Å². The van der Waals surface area contributed by atoms with Gasteiger partial charge in [0.15, 0.2) is 0 Å². The van der Waals surface area contributed by atoms with E-state index in [0.29, 0.717) is 5.92 Å². The third-order valence-corrected chi connectivity index (χ3v) is 5.42. The number of halogens is 2. The Labute approximate surface area is 196 Å². The normalized spacial score (nSPS) is 13.6. The minimum absolute atomic E-state index is 0.138. The maximum absolute atomic E-state index is 4.93. The molecule has 0 bridgehead atoms. The molecule has 0 aromatic heterocycles. The van der Waals surface area contributed by atoms with Gasteiger partial charge in [0, 0.05) is 6.42 Å². The Morgan fingerprint density at radius 2 is 1.34 bits per heavy atom. The number of hydrogen-bond acceptors (Lipinski definition) is 0. The Balaban J connectivity index is 0.000000941. The molecule has 0 amide bonds. The van der Waals surface area contributed by atoms with E-state index >= 15 is 0 Å². The zero-order valence-corrected chi connectivity index (χ0v) is 22.9. The molecule has 3 rings (SSSR count). The van der Waals surface area contributed by atoms with E-state index < -0.39 is 20.8 Å². The van der Waals surface area contributed by atoms with Gasteiger partial charge in [-0.1, -0.05) is 103 Å². The molecule has 0 unspecified atom stereocenters. The van der Waals surface area contributed by atoms with Gasteiger partial charge in [-0.15, -0.1) is 0 Å². The van der Waals surface area contributed by atoms with Gasteiger partial charge in [0.25, 0.3) is 0 Å². The molecule has 0 spiro atoms.